The number of ether oxygens (including phenoxy) is 8. The zero-order valence-corrected chi connectivity index (χ0v) is 31.6. The standard InChI is InChI=1S/4C8H16O6/c4*1-2-13-8-7(12)6(11)5(10)4(3-9)14-8/h4*4-12H,2-3H2,1H3. The van der Waals surface area contributed by atoms with E-state index in [2.05, 4.69) is 0 Å². The summed E-state index contributed by atoms with van der Waals surface area (Å²) in [6.07, 6.45) is -23.6. The lowest BCUT2D eigenvalue weighted by molar-refractivity contribution is -0.300. The smallest absolute Gasteiger partial charge is 0.186 e. The van der Waals surface area contributed by atoms with Gasteiger partial charge in [-0.2, -0.15) is 0 Å². The van der Waals surface area contributed by atoms with Gasteiger partial charge in [-0.3, -0.25) is 0 Å². The molecule has 24 heteroatoms. The minimum absolute atomic E-state index is 0.308. The minimum atomic E-state index is -1.36. The Kier molecular flexibility index (Phi) is 25.6. The molecule has 0 radical (unpaired) electrons. The first kappa shape index (κ1) is 53.1. The van der Waals surface area contributed by atoms with Gasteiger partial charge in [-0.25, -0.2) is 0 Å². The van der Waals surface area contributed by atoms with E-state index in [1.54, 1.807) is 27.7 Å². The fourth-order valence-electron chi connectivity index (χ4n) is 5.48. The topological polar surface area (TPSA) is 398 Å². The third-order valence-corrected chi connectivity index (χ3v) is 8.72. The molecule has 4 aliphatic rings. The molecule has 4 aliphatic heterocycles. The highest BCUT2D eigenvalue weighted by molar-refractivity contribution is 4.91. The van der Waals surface area contributed by atoms with Crippen LogP contribution in [-0.4, -0.2) is 257 Å². The van der Waals surface area contributed by atoms with Gasteiger partial charge in [-0.15, -0.1) is 0 Å². The molecule has 0 aromatic rings. The summed E-state index contributed by atoms with van der Waals surface area (Å²) >= 11 is 0. The molecular formula is C32H64O24. The second kappa shape index (κ2) is 27.0. The van der Waals surface area contributed by atoms with Gasteiger partial charge in [0.05, 0.1) is 26.4 Å². The van der Waals surface area contributed by atoms with Gasteiger partial charge in [0.15, 0.2) is 25.2 Å². The maximum Gasteiger partial charge on any atom is 0.186 e. The van der Waals surface area contributed by atoms with E-state index in [1.165, 1.54) is 0 Å². The number of aliphatic hydroxyl groups is 16. The summed E-state index contributed by atoms with van der Waals surface area (Å²) in [5.41, 5.74) is 0. The first-order chi connectivity index (χ1) is 26.5. The molecule has 16 N–H and O–H groups in total. The normalized spacial score (nSPS) is 43.9. The Morgan fingerprint density at radius 3 is 0.571 bits per heavy atom. The van der Waals surface area contributed by atoms with E-state index in [4.69, 9.17) is 58.3 Å². The summed E-state index contributed by atoms with van der Waals surface area (Å²) < 4.78 is 40.1. The largest absolute Gasteiger partial charge is 0.394 e. The number of rotatable bonds is 12. The van der Waals surface area contributed by atoms with Crippen LogP contribution in [0, 0.1) is 0 Å². The van der Waals surface area contributed by atoms with E-state index >= 15 is 0 Å². The van der Waals surface area contributed by atoms with Crippen LogP contribution in [0.3, 0.4) is 0 Å². The second-order valence-electron chi connectivity index (χ2n) is 12.6. The van der Waals surface area contributed by atoms with Gasteiger partial charge in [0.2, 0.25) is 0 Å². The van der Waals surface area contributed by atoms with Crippen LogP contribution < -0.4 is 0 Å². The van der Waals surface area contributed by atoms with Gasteiger partial charge >= 0.3 is 0 Å². The Morgan fingerprint density at radius 2 is 0.446 bits per heavy atom. The van der Waals surface area contributed by atoms with Crippen molar-refractivity contribution in [3.8, 4) is 0 Å². The molecule has 0 aromatic carbocycles. The van der Waals surface area contributed by atoms with Crippen molar-refractivity contribution in [1.82, 2.24) is 0 Å². The van der Waals surface area contributed by atoms with Crippen LogP contribution in [0.2, 0.25) is 0 Å². The van der Waals surface area contributed by atoms with E-state index in [1.807, 2.05) is 0 Å². The van der Waals surface area contributed by atoms with Crippen molar-refractivity contribution in [2.75, 3.05) is 52.9 Å². The third kappa shape index (κ3) is 14.6. The summed E-state index contributed by atoms with van der Waals surface area (Å²) in [6.45, 7) is 6.33. The predicted molar refractivity (Wildman–Crippen MR) is 182 cm³/mol. The number of hydrogen-bond acceptors (Lipinski definition) is 24. The molecule has 336 valence electrons. The van der Waals surface area contributed by atoms with Crippen LogP contribution in [-0.2, 0) is 37.9 Å². The SMILES string of the molecule is CCOC1OC(CO)C(O)C(O)C1O.CCOC1OC(CO)C(O)C(O)C1O.CCOC1OC(CO)C(O)C(O)C1O.CCOC1OC(CO)C(O)C(O)C1O. The lowest BCUT2D eigenvalue weighted by Crippen LogP contribution is -2.59. The maximum absolute atomic E-state index is 9.41. The summed E-state index contributed by atoms with van der Waals surface area (Å²) in [7, 11) is 0. The molecule has 4 fully saturated rings. The highest BCUT2D eigenvalue weighted by atomic mass is 16.7. The van der Waals surface area contributed by atoms with Crippen molar-refractivity contribution in [2.45, 2.75) is 151 Å². The van der Waals surface area contributed by atoms with Crippen LogP contribution in [0.15, 0.2) is 0 Å². The second-order valence-corrected chi connectivity index (χ2v) is 12.6. The lowest BCUT2D eigenvalue weighted by Gasteiger charge is -2.39. The van der Waals surface area contributed by atoms with E-state index in [9.17, 15) is 61.3 Å². The fraction of sp³-hybridized carbons (Fsp3) is 1.00. The molecule has 4 saturated heterocycles. The Labute approximate surface area is 323 Å². The summed E-state index contributed by atoms with van der Waals surface area (Å²) in [4.78, 5) is 0. The fourth-order valence-corrected chi connectivity index (χ4v) is 5.48. The van der Waals surface area contributed by atoms with Crippen LogP contribution in [0.1, 0.15) is 27.7 Å². The molecule has 0 spiro atoms. The van der Waals surface area contributed by atoms with Crippen LogP contribution in [0.4, 0.5) is 0 Å². The Balaban J connectivity index is 0.000000373. The summed E-state index contributed by atoms with van der Waals surface area (Å²) in [6, 6.07) is 0. The molecule has 0 aliphatic carbocycles. The number of aliphatic hydroxyl groups excluding tert-OH is 16. The first-order valence-corrected chi connectivity index (χ1v) is 18.1. The first-order valence-electron chi connectivity index (χ1n) is 18.1. The number of hydrogen-bond donors (Lipinski definition) is 16. The van der Waals surface area contributed by atoms with Gasteiger partial charge < -0.3 is 120 Å². The van der Waals surface area contributed by atoms with Crippen molar-refractivity contribution in [3.05, 3.63) is 0 Å². The van der Waals surface area contributed by atoms with Crippen LogP contribution >= 0.6 is 0 Å². The lowest BCUT2D eigenvalue weighted by atomic mass is 9.99. The Bertz CT molecular complexity index is 837. The average molecular weight is 833 g/mol. The molecular weight excluding hydrogens is 768 g/mol. The van der Waals surface area contributed by atoms with Crippen molar-refractivity contribution in [2.24, 2.45) is 0 Å². The summed E-state index contributed by atoms with van der Waals surface area (Å²) in [5.74, 6) is 0. The van der Waals surface area contributed by atoms with E-state index in [-0.39, 0.29) is 0 Å². The van der Waals surface area contributed by atoms with Gasteiger partial charge in [0.1, 0.15) is 97.7 Å². The van der Waals surface area contributed by atoms with E-state index < -0.39 is 149 Å². The predicted octanol–water partition coefficient (Wildman–Crippen LogP) is -8.71. The van der Waals surface area contributed by atoms with Crippen molar-refractivity contribution in [1.29, 1.82) is 0 Å². The quantitative estimate of drug-likeness (QED) is 0.0868. The minimum Gasteiger partial charge on any atom is -0.394 e. The zero-order valence-electron chi connectivity index (χ0n) is 31.6. The Morgan fingerprint density at radius 1 is 0.286 bits per heavy atom. The third-order valence-electron chi connectivity index (χ3n) is 8.72. The molecule has 20 atom stereocenters. The van der Waals surface area contributed by atoms with E-state index in [0.717, 1.165) is 0 Å². The molecule has 0 saturated carbocycles. The highest BCUT2D eigenvalue weighted by Gasteiger charge is 2.46. The van der Waals surface area contributed by atoms with Crippen molar-refractivity contribution >= 4 is 0 Å². The maximum atomic E-state index is 9.41. The molecule has 56 heavy (non-hydrogen) atoms. The van der Waals surface area contributed by atoms with Gasteiger partial charge in [-0.1, -0.05) is 0 Å². The molecule has 4 heterocycles. The van der Waals surface area contributed by atoms with Gasteiger partial charge in [0, 0.05) is 26.4 Å². The average Bonchev–Trinajstić information content (AvgIpc) is 3.19. The zero-order chi connectivity index (χ0) is 42.9. The Hall–Kier alpha value is -0.960. The summed E-state index contributed by atoms with van der Waals surface area (Å²) in [5, 5.41) is 148. The van der Waals surface area contributed by atoms with E-state index in [0.29, 0.717) is 26.4 Å². The molecule has 0 aromatic heterocycles. The molecule has 0 bridgehead atoms. The van der Waals surface area contributed by atoms with Crippen LogP contribution in [0.25, 0.3) is 0 Å². The molecule has 0 amide bonds. The molecule has 4 rings (SSSR count). The van der Waals surface area contributed by atoms with Crippen molar-refractivity contribution < 1.29 is 120 Å². The van der Waals surface area contributed by atoms with Gasteiger partial charge in [0.25, 0.3) is 0 Å². The van der Waals surface area contributed by atoms with Crippen LogP contribution in [0.5, 0.6) is 0 Å². The highest BCUT2D eigenvalue weighted by Crippen LogP contribution is 2.24. The van der Waals surface area contributed by atoms with Gasteiger partial charge in [-0.05, 0) is 27.7 Å². The molecule has 20 unspecified atom stereocenters. The molecule has 24 nitrogen and oxygen atoms in total. The van der Waals surface area contributed by atoms with Crippen molar-refractivity contribution in [3.63, 3.8) is 0 Å². The monoisotopic (exact) mass is 832 g/mol.